The molecule has 0 radical (unpaired) electrons. The first kappa shape index (κ1) is 20.7. The minimum atomic E-state index is 0.0828. The van der Waals surface area contributed by atoms with Gasteiger partial charge >= 0.3 is 0 Å². The van der Waals surface area contributed by atoms with Crippen molar-refractivity contribution < 1.29 is 9.59 Å². The first-order valence-corrected chi connectivity index (χ1v) is 11.0. The van der Waals surface area contributed by atoms with Crippen LogP contribution < -0.4 is 4.90 Å². The van der Waals surface area contributed by atoms with E-state index in [1.54, 1.807) is 0 Å². The van der Waals surface area contributed by atoms with Crippen molar-refractivity contribution in [3.05, 3.63) is 29.8 Å². The summed E-state index contributed by atoms with van der Waals surface area (Å²) in [4.78, 5) is 31.9. The lowest BCUT2D eigenvalue weighted by atomic mass is 9.92. The SMILES string of the molecule is CCN(CC)c1ccc(C(=O)N2CCC(C(=O)N3CCCC(C)C3)CC2)cc1. The normalized spacial score (nSPS) is 20.9. The number of carbonyl (C=O) groups is 2. The summed E-state index contributed by atoms with van der Waals surface area (Å²) in [7, 11) is 0. The van der Waals surface area contributed by atoms with Crippen LogP contribution >= 0.6 is 0 Å². The highest BCUT2D eigenvalue weighted by Gasteiger charge is 2.32. The summed E-state index contributed by atoms with van der Waals surface area (Å²) in [5, 5.41) is 0. The summed E-state index contributed by atoms with van der Waals surface area (Å²) in [6.07, 6.45) is 3.91. The van der Waals surface area contributed by atoms with Crippen molar-refractivity contribution >= 4 is 17.5 Å². The zero-order chi connectivity index (χ0) is 20.1. The van der Waals surface area contributed by atoms with Gasteiger partial charge in [0.05, 0.1) is 0 Å². The third kappa shape index (κ3) is 4.68. The van der Waals surface area contributed by atoms with Crippen molar-refractivity contribution in [3.63, 3.8) is 0 Å². The van der Waals surface area contributed by atoms with E-state index < -0.39 is 0 Å². The molecule has 1 unspecified atom stereocenters. The molecule has 2 aliphatic rings. The van der Waals surface area contributed by atoms with Gasteiger partial charge in [-0.15, -0.1) is 0 Å². The molecule has 5 heteroatoms. The quantitative estimate of drug-likeness (QED) is 0.777. The van der Waals surface area contributed by atoms with E-state index in [1.165, 1.54) is 6.42 Å². The molecule has 2 fully saturated rings. The standard InChI is InChI=1S/C23H35N3O2/c1-4-24(5-2)21-10-8-19(9-11-21)22(27)25-15-12-20(13-16-25)23(28)26-14-6-7-18(3)17-26/h8-11,18,20H,4-7,12-17H2,1-3H3. The first-order valence-electron chi connectivity index (χ1n) is 11.0. The number of rotatable bonds is 5. The van der Waals surface area contributed by atoms with Gasteiger partial charge in [0.25, 0.3) is 5.91 Å². The molecule has 2 heterocycles. The number of anilines is 1. The van der Waals surface area contributed by atoms with Crippen molar-refractivity contribution in [1.82, 2.24) is 9.80 Å². The third-order valence-corrected chi connectivity index (χ3v) is 6.34. The van der Waals surface area contributed by atoms with Crippen LogP contribution in [0, 0.1) is 11.8 Å². The zero-order valence-corrected chi connectivity index (χ0v) is 17.7. The smallest absolute Gasteiger partial charge is 0.253 e. The molecule has 2 aliphatic heterocycles. The Morgan fingerprint density at radius 1 is 0.964 bits per heavy atom. The molecule has 0 bridgehead atoms. The van der Waals surface area contributed by atoms with Crippen LogP contribution in [0.1, 0.15) is 56.8 Å². The summed E-state index contributed by atoms with van der Waals surface area (Å²) < 4.78 is 0. The third-order valence-electron chi connectivity index (χ3n) is 6.34. The Morgan fingerprint density at radius 3 is 2.18 bits per heavy atom. The van der Waals surface area contributed by atoms with E-state index in [4.69, 9.17) is 0 Å². The van der Waals surface area contributed by atoms with E-state index >= 15 is 0 Å². The highest BCUT2D eigenvalue weighted by Crippen LogP contribution is 2.25. The van der Waals surface area contributed by atoms with Crippen LogP contribution in [-0.2, 0) is 4.79 Å². The van der Waals surface area contributed by atoms with Crippen LogP contribution in [0.25, 0.3) is 0 Å². The molecular weight excluding hydrogens is 350 g/mol. The molecule has 0 aliphatic carbocycles. The number of amides is 2. The second kappa shape index (κ2) is 9.44. The average molecular weight is 386 g/mol. The maximum atomic E-state index is 12.9. The van der Waals surface area contributed by atoms with Crippen molar-refractivity contribution in [2.45, 2.75) is 46.5 Å². The molecule has 154 valence electrons. The van der Waals surface area contributed by atoms with Gasteiger partial charge in [0, 0.05) is 56.4 Å². The fraction of sp³-hybridized carbons (Fsp3) is 0.652. The van der Waals surface area contributed by atoms with Gasteiger partial charge in [0.15, 0.2) is 0 Å². The Labute approximate surface area is 169 Å². The molecule has 2 amide bonds. The molecule has 0 N–H and O–H groups in total. The van der Waals surface area contributed by atoms with Crippen LogP contribution in [0.2, 0.25) is 0 Å². The summed E-state index contributed by atoms with van der Waals surface area (Å²) in [6.45, 7) is 11.6. The molecule has 0 saturated carbocycles. The summed E-state index contributed by atoms with van der Waals surface area (Å²) >= 11 is 0. The van der Waals surface area contributed by atoms with Gasteiger partial charge < -0.3 is 14.7 Å². The van der Waals surface area contributed by atoms with E-state index in [2.05, 4.69) is 30.6 Å². The molecule has 1 aromatic rings. The topological polar surface area (TPSA) is 43.9 Å². The van der Waals surface area contributed by atoms with Gasteiger partial charge in [-0.1, -0.05) is 6.92 Å². The monoisotopic (exact) mass is 385 g/mol. The average Bonchev–Trinajstić information content (AvgIpc) is 2.74. The van der Waals surface area contributed by atoms with Crippen LogP contribution in [-0.4, -0.2) is 60.9 Å². The zero-order valence-electron chi connectivity index (χ0n) is 17.7. The largest absolute Gasteiger partial charge is 0.372 e. The second-order valence-corrected chi connectivity index (χ2v) is 8.32. The Hall–Kier alpha value is -2.04. The maximum Gasteiger partial charge on any atom is 0.253 e. The lowest BCUT2D eigenvalue weighted by Crippen LogP contribution is -2.47. The first-order chi connectivity index (χ1) is 13.5. The summed E-state index contributed by atoms with van der Waals surface area (Å²) in [6, 6.07) is 7.94. The lowest BCUT2D eigenvalue weighted by Gasteiger charge is -2.37. The Bertz CT molecular complexity index is 661. The van der Waals surface area contributed by atoms with Crippen LogP contribution in [0.4, 0.5) is 5.69 Å². The Kier molecular flexibility index (Phi) is 6.97. The summed E-state index contributed by atoms with van der Waals surface area (Å²) in [5.74, 6) is 1.09. The number of nitrogens with zero attached hydrogens (tertiary/aromatic N) is 3. The van der Waals surface area contributed by atoms with Crippen molar-refractivity contribution in [1.29, 1.82) is 0 Å². The lowest BCUT2D eigenvalue weighted by molar-refractivity contribution is -0.138. The molecule has 0 spiro atoms. The molecule has 3 rings (SSSR count). The highest BCUT2D eigenvalue weighted by atomic mass is 16.2. The molecule has 1 aromatic carbocycles. The van der Waals surface area contributed by atoms with Crippen LogP contribution in [0.15, 0.2) is 24.3 Å². The predicted octanol–water partition coefficient (Wildman–Crippen LogP) is 3.64. The minimum Gasteiger partial charge on any atom is -0.372 e. The van der Waals surface area contributed by atoms with Gasteiger partial charge in [-0.2, -0.15) is 0 Å². The van der Waals surface area contributed by atoms with E-state index in [0.717, 1.165) is 56.7 Å². The Morgan fingerprint density at radius 2 is 1.61 bits per heavy atom. The number of piperidine rings is 2. The van der Waals surface area contributed by atoms with Gasteiger partial charge in [-0.3, -0.25) is 9.59 Å². The van der Waals surface area contributed by atoms with Crippen molar-refractivity contribution in [2.75, 3.05) is 44.2 Å². The molecule has 2 saturated heterocycles. The number of benzene rings is 1. The van der Waals surface area contributed by atoms with Gasteiger partial charge in [0.2, 0.25) is 5.91 Å². The molecule has 5 nitrogen and oxygen atoms in total. The van der Waals surface area contributed by atoms with Crippen LogP contribution in [0.5, 0.6) is 0 Å². The number of hydrogen-bond donors (Lipinski definition) is 0. The maximum absolute atomic E-state index is 12.9. The van der Waals surface area contributed by atoms with Gasteiger partial charge in [0.1, 0.15) is 0 Å². The fourth-order valence-electron chi connectivity index (χ4n) is 4.56. The van der Waals surface area contributed by atoms with E-state index in [9.17, 15) is 9.59 Å². The predicted molar refractivity (Wildman–Crippen MR) is 114 cm³/mol. The molecule has 28 heavy (non-hydrogen) atoms. The highest BCUT2D eigenvalue weighted by molar-refractivity contribution is 5.94. The molecular formula is C23H35N3O2. The van der Waals surface area contributed by atoms with Crippen LogP contribution in [0.3, 0.4) is 0 Å². The number of likely N-dealkylation sites (tertiary alicyclic amines) is 2. The number of carbonyl (C=O) groups excluding carboxylic acids is 2. The second-order valence-electron chi connectivity index (χ2n) is 8.32. The molecule has 0 aromatic heterocycles. The van der Waals surface area contributed by atoms with Gasteiger partial charge in [-0.25, -0.2) is 0 Å². The van der Waals surface area contributed by atoms with E-state index in [-0.39, 0.29) is 11.8 Å². The number of hydrogen-bond acceptors (Lipinski definition) is 3. The van der Waals surface area contributed by atoms with Crippen molar-refractivity contribution in [3.8, 4) is 0 Å². The van der Waals surface area contributed by atoms with E-state index in [0.29, 0.717) is 24.9 Å². The Balaban J connectivity index is 1.54. The molecule has 1 atom stereocenters. The van der Waals surface area contributed by atoms with Gasteiger partial charge in [-0.05, 0) is 69.7 Å². The minimum absolute atomic E-state index is 0.0828. The van der Waals surface area contributed by atoms with E-state index in [1.807, 2.05) is 29.2 Å². The van der Waals surface area contributed by atoms with Crippen molar-refractivity contribution in [2.24, 2.45) is 11.8 Å². The summed E-state index contributed by atoms with van der Waals surface area (Å²) in [5.41, 5.74) is 1.90. The fourth-order valence-corrected chi connectivity index (χ4v) is 4.56.